The minimum Gasteiger partial charge on any atom is -0.507 e. The third kappa shape index (κ3) is 2.64. The topological polar surface area (TPSA) is 49.8 Å². The van der Waals surface area contributed by atoms with E-state index in [-0.39, 0.29) is 23.9 Å². The van der Waals surface area contributed by atoms with Gasteiger partial charge in [-0.1, -0.05) is 11.6 Å². The van der Waals surface area contributed by atoms with E-state index in [2.05, 4.69) is 0 Å². The lowest BCUT2D eigenvalue weighted by atomic mass is 10.1. The number of hydrogen-bond donors (Lipinski definition) is 1. The Morgan fingerprint density at radius 2 is 1.94 bits per heavy atom. The van der Waals surface area contributed by atoms with Crippen LogP contribution in [0, 0.1) is 6.92 Å². The van der Waals surface area contributed by atoms with Gasteiger partial charge in [0.05, 0.1) is 17.8 Å². The molecule has 0 spiro atoms. The summed E-state index contributed by atoms with van der Waals surface area (Å²) in [5.41, 5.74) is 1.34. The molecule has 2 atom stereocenters. The van der Waals surface area contributed by atoms with Crippen LogP contribution in [0.5, 0.6) is 5.75 Å². The molecule has 4 heteroatoms. The molecule has 98 valence electrons. The average molecular weight is 249 g/mol. The molecule has 0 aromatic heterocycles. The summed E-state index contributed by atoms with van der Waals surface area (Å²) in [5, 5.41) is 9.79. The third-order valence-electron chi connectivity index (χ3n) is 3.09. The summed E-state index contributed by atoms with van der Waals surface area (Å²) in [6.07, 6.45) is 0.0642. The van der Waals surface area contributed by atoms with E-state index in [1.165, 1.54) is 0 Å². The van der Waals surface area contributed by atoms with Gasteiger partial charge in [0, 0.05) is 13.1 Å². The first-order valence-electron chi connectivity index (χ1n) is 6.21. The van der Waals surface area contributed by atoms with E-state index in [4.69, 9.17) is 4.74 Å². The summed E-state index contributed by atoms with van der Waals surface area (Å²) in [7, 11) is 0. The molecule has 0 saturated carbocycles. The van der Waals surface area contributed by atoms with Crippen LogP contribution < -0.4 is 0 Å². The van der Waals surface area contributed by atoms with Crippen molar-refractivity contribution < 1.29 is 14.6 Å². The Labute approximate surface area is 107 Å². The Morgan fingerprint density at radius 1 is 1.33 bits per heavy atom. The van der Waals surface area contributed by atoms with E-state index < -0.39 is 0 Å². The first-order chi connectivity index (χ1) is 8.47. The van der Waals surface area contributed by atoms with E-state index >= 15 is 0 Å². The lowest BCUT2D eigenvalue weighted by Crippen LogP contribution is -2.48. The van der Waals surface area contributed by atoms with Crippen LogP contribution in [0.2, 0.25) is 0 Å². The molecule has 0 radical (unpaired) electrons. The standard InChI is InChI=1S/C14H19NO3/c1-9-4-5-13(16)12(6-9)14(17)15-7-10(2)18-11(3)8-15/h4-6,10-11,16H,7-8H2,1-3H3. The molecule has 2 rings (SSSR count). The minimum absolute atomic E-state index is 0.0321. The van der Waals surface area contributed by atoms with Crippen LogP contribution in [0.25, 0.3) is 0 Å². The predicted molar refractivity (Wildman–Crippen MR) is 68.8 cm³/mol. The highest BCUT2D eigenvalue weighted by Gasteiger charge is 2.27. The molecule has 4 nitrogen and oxygen atoms in total. The van der Waals surface area contributed by atoms with Crippen molar-refractivity contribution >= 4 is 5.91 Å². The van der Waals surface area contributed by atoms with Crippen molar-refractivity contribution in [3.63, 3.8) is 0 Å². The number of carbonyl (C=O) groups is 1. The largest absolute Gasteiger partial charge is 0.507 e. The third-order valence-corrected chi connectivity index (χ3v) is 3.09. The maximum atomic E-state index is 12.4. The summed E-state index contributed by atoms with van der Waals surface area (Å²) >= 11 is 0. The molecule has 18 heavy (non-hydrogen) atoms. The Bertz CT molecular complexity index is 448. The zero-order valence-electron chi connectivity index (χ0n) is 11.0. The number of rotatable bonds is 1. The maximum Gasteiger partial charge on any atom is 0.257 e. The number of phenolic OH excluding ortho intramolecular Hbond substituents is 1. The number of aromatic hydroxyl groups is 1. The molecule has 1 aliphatic rings. The first-order valence-corrected chi connectivity index (χ1v) is 6.21. The molecule has 1 N–H and O–H groups in total. The number of phenols is 1. The Kier molecular flexibility index (Phi) is 3.57. The SMILES string of the molecule is Cc1ccc(O)c(C(=O)N2CC(C)OC(C)C2)c1. The molecule has 1 fully saturated rings. The van der Waals surface area contributed by atoms with Crippen molar-refractivity contribution in [3.8, 4) is 5.75 Å². The van der Waals surface area contributed by atoms with Crippen molar-refractivity contribution in [2.45, 2.75) is 33.0 Å². The quantitative estimate of drug-likeness (QED) is 0.827. The van der Waals surface area contributed by atoms with E-state index in [0.29, 0.717) is 18.7 Å². The average Bonchev–Trinajstić information content (AvgIpc) is 2.30. The summed E-state index contributed by atoms with van der Waals surface area (Å²) < 4.78 is 5.60. The lowest BCUT2D eigenvalue weighted by molar-refractivity contribution is -0.0586. The fraction of sp³-hybridized carbons (Fsp3) is 0.500. The van der Waals surface area contributed by atoms with Crippen LogP contribution >= 0.6 is 0 Å². The van der Waals surface area contributed by atoms with Crippen LogP contribution in [0.15, 0.2) is 18.2 Å². The van der Waals surface area contributed by atoms with Gasteiger partial charge in [0.15, 0.2) is 0 Å². The number of nitrogens with zero attached hydrogens (tertiary/aromatic N) is 1. The second kappa shape index (κ2) is 4.98. The van der Waals surface area contributed by atoms with Crippen molar-refractivity contribution in [1.29, 1.82) is 0 Å². The van der Waals surface area contributed by atoms with E-state index in [9.17, 15) is 9.90 Å². The Morgan fingerprint density at radius 3 is 2.56 bits per heavy atom. The summed E-state index contributed by atoms with van der Waals surface area (Å²) in [6, 6.07) is 5.08. The number of amides is 1. The van der Waals surface area contributed by atoms with Crippen molar-refractivity contribution in [2.24, 2.45) is 0 Å². The van der Waals surface area contributed by atoms with Gasteiger partial charge in [0.1, 0.15) is 5.75 Å². The number of aryl methyl sites for hydroxylation is 1. The molecule has 1 amide bonds. The zero-order valence-corrected chi connectivity index (χ0v) is 11.0. The Balaban J connectivity index is 2.22. The van der Waals surface area contributed by atoms with Crippen molar-refractivity contribution in [3.05, 3.63) is 29.3 Å². The summed E-state index contributed by atoms with van der Waals surface area (Å²) in [4.78, 5) is 14.1. The summed E-state index contributed by atoms with van der Waals surface area (Å²) in [6.45, 7) is 6.94. The van der Waals surface area contributed by atoms with E-state index in [1.54, 1.807) is 23.1 Å². The molecule has 1 saturated heterocycles. The number of benzene rings is 1. The first kappa shape index (κ1) is 12.9. The minimum atomic E-state index is -0.127. The molecule has 1 heterocycles. The van der Waals surface area contributed by atoms with Gasteiger partial charge in [-0.05, 0) is 32.9 Å². The maximum absolute atomic E-state index is 12.4. The smallest absolute Gasteiger partial charge is 0.257 e. The fourth-order valence-corrected chi connectivity index (χ4v) is 2.34. The number of morpholine rings is 1. The number of carbonyl (C=O) groups excluding carboxylic acids is 1. The van der Waals surface area contributed by atoms with Gasteiger partial charge in [-0.3, -0.25) is 4.79 Å². The highest BCUT2D eigenvalue weighted by atomic mass is 16.5. The molecule has 2 unspecified atom stereocenters. The van der Waals surface area contributed by atoms with E-state index in [1.807, 2.05) is 20.8 Å². The van der Waals surface area contributed by atoms with Crippen molar-refractivity contribution in [2.75, 3.05) is 13.1 Å². The molecular formula is C14H19NO3. The van der Waals surface area contributed by atoms with Crippen LogP contribution in [-0.2, 0) is 4.74 Å². The molecule has 0 aliphatic carbocycles. The highest BCUT2D eigenvalue weighted by molar-refractivity contribution is 5.97. The van der Waals surface area contributed by atoms with Gasteiger partial charge >= 0.3 is 0 Å². The lowest BCUT2D eigenvalue weighted by Gasteiger charge is -2.35. The molecule has 1 aromatic rings. The summed E-state index contributed by atoms with van der Waals surface area (Å²) in [5.74, 6) is -0.0874. The van der Waals surface area contributed by atoms with Gasteiger partial charge in [-0.2, -0.15) is 0 Å². The fourth-order valence-electron chi connectivity index (χ4n) is 2.34. The van der Waals surface area contributed by atoms with Gasteiger partial charge < -0.3 is 14.7 Å². The van der Waals surface area contributed by atoms with Crippen molar-refractivity contribution in [1.82, 2.24) is 4.90 Å². The van der Waals surface area contributed by atoms with Gasteiger partial charge in [-0.15, -0.1) is 0 Å². The van der Waals surface area contributed by atoms with Crippen LogP contribution in [0.1, 0.15) is 29.8 Å². The number of hydrogen-bond acceptors (Lipinski definition) is 3. The van der Waals surface area contributed by atoms with Gasteiger partial charge in [0.25, 0.3) is 5.91 Å². The second-order valence-electron chi connectivity index (χ2n) is 4.99. The van der Waals surface area contributed by atoms with Crippen LogP contribution in [-0.4, -0.2) is 41.2 Å². The molecule has 0 bridgehead atoms. The van der Waals surface area contributed by atoms with Gasteiger partial charge in [-0.25, -0.2) is 0 Å². The number of ether oxygens (including phenoxy) is 1. The van der Waals surface area contributed by atoms with E-state index in [0.717, 1.165) is 5.56 Å². The Hall–Kier alpha value is -1.55. The highest BCUT2D eigenvalue weighted by Crippen LogP contribution is 2.22. The molecule has 1 aliphatic heterocycles. The van der Waals surface area contributed by atoms with Crippen LogP contribution in [0.4, 0.5) is 0 Å². The van der Waals surface area contributed by atoms with Crippen LogP contribution in [0.3, 0.4) is 0 Å². The monoisotopic (exact) mass is 249 g/mol. The van der Waals surface area contributed by atoms with Gasteiger partial charge in [0.2, 0.25) is 0 Å². The second-order valence-corrected chi connectivity index (χ2v) is 4.99. The molecular weight excluding hydrogens is 230 g/mol. The molecule has 1 aromatic carbocycles. The predicted octanol–water partition coefficient (Wildman–Crippen LogP) is 1.95. The zero-order chi connectivity index (χ0) is 13.3. The normalized spacial score (nSPS) is 24.1.